The SMILES string of the molecule is COc1c(C(C)C(=O)NCc2nccnc2Cl)cc(Cl)c(C)c1-c1cccnc1. The van der Waals surface area contributed by atoms with E-state index in [-0.39, 0.29) is 17.6 Å². The van der Waals surface area contributed by atoms with Gasteiger partial charge in [-0.3, -0.25) is 14.8 Å². The van der Waals surface area contributed by atoms with E-state index in [0.29, 0.717) is 22.0 Å². The molecule has 29 heavy (non-hydrogen) atoms. The van der Waals surface area contributed by atoms with Crippen LogP contribution in [0.1, 0.15) is 29.7 Å². The average Bonchev–Trinajstić information content (AvgIpc) is 2.74. The van der Waals surface area contributed by atoms with Crippen molar-refractivity contribution in [1.29, 1.82) is 0 Å². The molecule has 8 heteroatoms. The topological polar surface area (TPSA) is 77.0 Å². The Labute approximate surface area is 179 Å². The maximum absolute atomic E-state index is 12.8. The van der Waals surface area contributed by atoms with Gasteiger partial charge in [-0.1, -0.05) is 29.3 Å². The second-order valence-electron chi connectivity index (χ2n) is 6.46. The lowest BCUT2D eigenvalue weighted by molar-refractivity contribution is -0.122. The van der Waals surface area contributed by atoms with Crippen LogP contribution in [-0.2, 0) is 11.3 Å². The number of ether oxygens (including phenoxy) is 1. The molecule has 0 fully saturated rings. The van der Waals surface area contributed by atoms with Crippen molar-refractivity contribution >= 4 is 29.1 Å². The second-order valence-corrected chi connectivity index (χ2v) is 7.22. The molecule has 0 bridgehead atoms. The zero-order valence-corrected chi connectivity index (χ0v) is 17.8. The first-order valence-corrected chi connectivity index (χ1v) is 9.70. The number of rotatable bonds is 6. The number of aromatic nitrogens is 3. The summed E-state index contributed by atoms with van der Waals surface area (Å²) in [4.78, 5) is 25.1. The lowest BCUT2D eigenvalue weighted by Crippen LogP contribution is -2.28. The van der Waals surface area contributed by atoms with Crippen molar-refractivity contribution in [2.45, 2.75) is 26.3 Å². The van der Waals surface area contributed by atoms with Gasteiger partial charge in [-0.2, -0.15) is 0 Å². The van der Waals surface area contributed by atoms with Gasteiger partial charge in [0, 0.05) is 46.5 Å². The fourth-order valence-corrected chi connectivity index (χ4v) is 3.46. The highest BCUT2D eigenvalue weighted by Gasteiger charge is 2.25. The van der Waals surface area contributed by atoms with E-state index in [9.17, 15) is 4.79 Å². The molecule has 6 nitrogen and oxygen atoms in total. The molecular weight excluding hydrogens is 411 g/mol. The summed E-state index contributed by atoms with van der Waals surface area (Å²) in [7, 11) is 1.58. The van der Waals surface area contributed by atoms with E-state index in [4.69, 9.17) is 27.9 Å². The quantitative estimate of drug-likeness (QED) is 0.618. The molecule has 2 aromatic heterocycles. The minimum Gasteiger partial charge on any atom is -0.496 e. The zero-order valence-electron chi connectivity index (χ0n) is 16.2. The fraction of sp³-hybridized carbons (Fsp3) is 0.238. The summed E-state index contributed by atoms with van der Waals surface area (Å²) in [6.45, 7) is 3.88. The summed E-state index contributed by atoms with van der Waals surface area (Å²) in [6.07, 6.45) is 6.46. The molecule has 0 aliphatic carbocycles. The first-order chi connectivity index (χ1) is 13.9. The number of hydrogen-bond donors (Lipinski definition) is 1. The van der Waals surface area contributed by atoms with Crippen LogP contribution in [0.3, 0.4) is 0 Å². The minimum absolute atomic E-state index is 0.174. The molecule has 3 rings (SSSR count). The van der Waals surface area contributed by atoms with Crippen LogP contribution < -0.4 is 10.1 Å². The van der Waals surface area contributed by atoms with E-state index >= 15 is 0 Å². The number of pyridine rings is 1. The Morgan fingerprint density at radius 1 is 1.24 bits per heavy atom. The van der Waals surface area contributed by atoms with Crippen LogP contribution in [-0.4, -0.2) is 28.0 Å². The van der Waals surface area contributed by atoms with E-state index in [1.54, 1.807) is 32.5 Å². The summed E-state index contributed by atoms with van der Waals surface area (Å²) in [5.41, 5.74) is 3.73. The van der Waals surface area contributed by atoms with Gasteiger partial charge in [0.05, 0.1) is 25.3 Å². The molecule has 150 valence electrons. The summed E-state index contributed by atoms with van der Waals surface area (Å²) >= 11 is 12.5. The van der Waals surface area contributed by atoms with Crippen LogP contribution in [0.25, 0.3) is 11.1 Å². The normalized spacial score (nSPS) is 11.8. The van der Waals surface area contributed by atoms with Crippen LogP contribution in [0.2, 0.25) is 10.2 Å². The number of nitrogens with one attached hydrogen (secondary N) is 1. The van der Waals surface area contributed by atoms with Gasteiger partial charge in [0.15, 0.2) is 5.15 Å². The molecule has 0 saturated heterocycles. The standard InChI is InChI=1S/C21H20Cl2N4O2/c1-12(21(28)27-11-17-20(23)26-8-7-25-17)15-9-16(22)13(2)18(19(15)29-3)14-5-4-6-24-10-14/h4-10,12H,11H2,1-3H3,(H,27,28). The van der Waals surface area contributed by atoms with Crippen molar-refractivity contribution in [2.24, 2.45) is 0 Å². The van der Waals surface area contributed by atoms with Gasteiger partial charge >= 0.3 is 0 Å². The predicted molar refractivity (Wildman–Crippen MR) is 113 cm³/mol. The maximum Gasteiger partial charge on any atom is 0.227 e. The molecule has 0 saturated carbocycles. The van der Waals surface area contributed by atoms with E-state index in [2.05, 4.69) is 20.3 Å². The number of amides is 1. The highest BCUT2D eigenvalue weighted by atomic mass is 35.5. The Kier molecular flexibility index (Phi) is 6.67. The van der Waals surface area contributed by atoms with E-state index < -0.39 is 5.92 Å². The third-order valence-corrected chi connectivity index (χ3v) is 5.38. The van der Waals surface area contributed by atoms with Crippen molar-refractivity contribution in [3.05, 3.63) is 70.0 Å². The van der Waals surface area contributed by atoms with Crippen LogP contribution in [0.4, 0.5) is 0 Å². The van der Waals surface area contributed by atoms with Gasteiger partial charge in [0.1, 0.15) is 5.75 Å². The maximum atomic E-state index is 12.8. The molecule has 1 atom stereocenters. The minimum atomic E-state index is -0.520. The third kappa shape index (κ3) is 4.49. The molecular formula is C21H20Cl2N4O2. The molecule has 1 amide bonds. The number of methoxy groups -OCH3 is 1. The smallest absolute Gasteiger partial charge is 0.227 e. The summed E-state index contributed by atoms with van der Waals surface area (Å²) in [5, 5.41) is 3.66. The van der Waals surface area contributed by atoms with Gasteiger partial charge in [0.25, 0.3) is 0 Å². The number of hydrogen-bond acceptors (Lipinski definition) is 5. The van der Waals surface area contributed by atoms with E-state index in [1.807, 2.05) is 19.1 Å². The van der Waals surface area contributed by atoms with E-state index in [1.165, 1.54) is 12.4 Å². The second kappa shape index (κ2) is 9.20. The lowest BCUT2D eigenvalue weighted by Gasteiger charge is -2.21. The molecule has 1 aromatic carbocycles. The Morgan fingerprint density at radius 3 is 2.66 bits per heavy atom. The molecule has 1 unspecified atom stereocenters. The van der Waals surface area contributed by atoms with Gasteiger partial charge in [-0.15, -0.1) is 0 Å². The van der Waals surface area contributed by atoms with Crippen molar-refractivity contribution in [3.8, 4) is 16.9 Å². The number of halogens is 2. The Bertz CT molecular complexity index is 1030. The van der Waals surface area contributed by atoms with Gasteiger partial charge in [-0.05, 0) is 31.5 Å². The number of nitrogens with zero attached hydrogens (tertiary/aromatic N) is 3. The molecule has 0 aliphatic heterocycles. The molecule has 0 radical (unpaired) electrons. The van der Waals surface area contributed by atoms with Crippen molar-refractivity contribution < 1.29 is 9.53 Å². The number of carbonyl (C=O) groups is 1. The zero-order chi connectivity index (χ0) is 21.0. The highest BCUT2D eigenvalue weighted by Crippen LogP contribution is 2.42. The lowest BCUT2D eigenvalue weighted by atomic mass is 9.91. The van der Waals surface area contributed by atoms with E-state index in [0.717, 1.165) is 16.7 Å². The van der Waals surface area contributed by atoms with Crippen LogP contribution >= 0.6 is 23.2 Å². The van der Waals surface area contributed by atoms with Crippen LogP contribution in [0, 0.1) is 6.92 Å². The predicted octanol–water partition coefficient (Wildman–Crippen LogP) is 4.58. The Hall–Kier alpha value is -2.70. The largest absolute Gasteiger partial charge is 0.496 e. The molecule has 0 spiro atoms. The molecule has 1 N–H and O–H groups in total. The van der Waals surface area contributed by atoms with Crippen molar-refractivity contribution in [2.75, 3.05) is 7.11 Å². The highest BCUT2D eigenvalue weighted by molar-refractivity contribution is 6.32. The molecule has 3 aromatic rings. The summed E-state index contributed by atoms with van der Waals surface area (Å²) in [6, 6.07) is 5.55. The Balaban J connectivity index is 1.94. The Morgan fingerprint density at radius 2 is 2.00 bits per heavy atom. The monoisotopic (exact) mass is 430 g/mol. The van der Waals surface area contributed by atoms with Gasteiger partial charge in [-0.25, -0.2) is 4.98 Å². The van der Waals surface area contributed by atoms with Crippen molar-refractivity contribution in [3.63, 3.8) is 0 Å². The number of benzene rings is 1. The first kappa shape index (κ1) is 21.0. The third-order valence-electron chi connectivity index (χ3n) is 4.67. The van der Waals surface area contributed by atoms with Crippen LogP contribution in [0.5, 0.6) is 5.75 Å². The van der Waals surface area contributed by atoms with Gasteiger partial charge in [0.2, 0.25) is 5.91 Å². The molecule has 2 heterocycles. The summed E-state index contributed by atoms with van der Waals surface area (Å²) < 4.78 is 5.71. The van der Waals surface area contributed by atoms with Gasteiger partial charge < -0.3 is 10.1 Å². The van der Waals surface area contributed by atoms with Crippen molar-refractivity contribution in [1.82, 2.24) is 20.3 Å². The molecule has 0 aliphatic rings. The number of carbonyl (C=O) groups excluding carboxylic acids is 1. The summed E-state index contributed by atoms with van der Waals surface area (Å²) in [5.74, 6) is -0.129. The van der Waals surface area contributed by atoms with Crippen LogP contribution in [0.15, 0.2) is 43.0 Å². The average molecular weight is 431 g/mol. The first-order valence-electron chi connectivity index (χ1n) is 8.94. The fourth-order valence-electron chi connectivity index (χ4n) is 3.08.